The van der Waals surface area contributed by atoms with Crippen molar-refractivity contribution in [2.45, 2.75) is 5.33 Å². The number of carbonyl (C=O) groups excluding carboxylic acids is 1. The number of nitrogens with one attached hydrogen (secondary N) is 1. The van der Waals surface area contributed by atoms with E-state index in [1.54, 1.807) is 11.7 Å². The highest BCUT2D eigenvalue weighted by molar-refractivity contribution is 9.08. The fraction of sp³-hybridized carbons (Fsp3) is 0.182. The number of rotatable bonds is 5. The molecule has 92 valence electrons. The van der Waals surface area contributed by atoms with Crippen LogP contribution in [0, 0.1) is 11.6 Å². The second kappa shape index (κ2) is 6.76. The lowest BCUT2D eigenvalue weighted by Gasteiger charge is -2.09. The molecule has 0 heterocycles. The predicted molar refractivity (Wildman–Crippen MR) is 69.7 cm³/mol. The van der Waals surface area contributed by atoms with Gasteiger partial charge in [-0.15, -0.1) is 11.8 Å². The Hall–Kier alpha value is -0.880. The van der Waals surface area contributed by atoms with Gasteiger partial charge in [0.15, 0.2) is 0 Å². The van der Waals surface area contributed by atoms with Gasteiger partial charge in [-0.2, -0.15) is 0 Å². The van der Waals surface area contributed by atoms with E-state index in [4.69, 9.17) is 0 Å². The molecule has 0 aliphatic heterocycles. The molecular formula is C11H10BrF2NOS. The lowest BCUT2D eigenvalue weighted by molar-refractivity contribution is -0.108. The fourth-order valence-electron chi connectivity index (χ4n) is 1.25. The molecule has 0 atom stereocenters. The molecule has 0 aliphatic rings. The van der Waals surface area contributed by atoms with Crippen molar-refractivity contribution in [3.63, 3.8) is 0 Å². The standard InChI is InChI=1S/C11H10BrF2NOS/c1-17-5-11(15-6-16)8-3-9(13)7(4-12)2-10(8)14/h2-3,5-6H,4H2,1H3,(H,15,16)/b11-5-. The van der Waals surface area contributed by atoms with Crippen LogP contribution >= 0.6 is 27.7 Å². The van der Waals surface area contributed by atoms with Crippen molar-refractivity contribution in [2.24, 2.45) is 0 Å². The third kappa shape index (κ3) is 3.54. The van der Waals surface area contributed by atoms with Crippen LogP contribution in [-0.2, 0) is 10.1 Å². The Labute approximate surface area is 111 Å². The summed E-state index contributed by atoms with van der Waals surface area (Å²) < 4.78 is 27.2. The van der Waals surface area contributed by atoms with E-state index in [0.717, 1.165) is 12.1 Å². The smallest absolute Gasteiger partial charge is 0.211 e. The van der Waals surface area contributed by atoms with E-state index in [1.807, 2.05) is 0 Å². The van der Waals surface area contributed by atoms with Crippen LogP contribution in [-0.4, -0.2) is 12.7 Å². The first-order valence-corrected chi connectivity index (χ1v) is 7.02. The van der Waals surface area contributed by atoms with Crippen LogP contribution in [0.5, 0.6) is 0 Å². The van der Waals surface area contributed by atoms with E-state index in [9.17, 15) is 13.6 Å². The highest BCUT2D eigenvalue weighted by Crippen LogP contribution is 2.23. The lowest BCUT2D eigenvalue weighted by Crippen LogP contribution is -2.11. The molecule has 1 N–H and O–H groups in total. The van der Waals surface area contributed by atoms with Crippen LogP contribution in [0.2, 0.25) is 0 Å². The molecule has 1 rings (SSSR count). The average Bonchev–Trinajstić information content (AvgIpc) is 2.31. The van der Waals surface area contributed by atoms with Gasteiger partial charge in [-0.3, -0.25) is 4.79 Å². The minimum absolute atomic E-state index is 0.0358. The topological polar surface area (TPSA) is 29.1 Å². The Kier molecular flexibility index (Phi) is 5.64. The zero-order valence-electron chi connectivity index (χ0n) is 8.97. The lowest BCUT2D eigenvalue weighted by atomic mass is 10.1. The zero-order valence-corrected chi connectivity index (χ0v) is 11.4. The molecule has 0 saturated heterocycles. The van der Waals surface area contributed by atoms with Gasteiger partial charge < -0.3 is 5.32 Å². The van der Waals surface area contributed by atoms with Crippen LogP contribution in [0.3, 0.4) is 0 Å². The molecule has 17 heavy (non-hydrogen) atoms. The molecule has 0 bridgehead atoms. The summed E-state index contributed by atoms with van der Waals surface area (Å²) in [5.74, 6) is -1.09. The van der Waals surface area contributed by atoms with Crippen molar-refractivity contribution >= 4 is 39.8 Å². The van der Waals surface area contributed by atoms with Gasteiger partial charge in [-0.25, -0.2) is 8.78 Å². The molecule has 0 spiro atoms. The van der Waals surface area contributed by atoms with E-state index in [2.05, 4.69) is 21.2 Å². The SMILES string of the molecule is CS/C=C(\NC=O)c1cc(F)c(CBr)cc1F. The summed E-state index contributed by atoms with van der Waals surface area (Å²) in [5.41, 5.74) is 0.513. The first-order valence-electron chi connectivity index (χ1n) is 4.61. The maximum Gasteiger partial charge on any atom is 0.211 e. The number of hydrogen-bond acceptors (Lipinski definition) is 2. The summed E-state index contributed by atoms with van der Waals surface area (Å²) in [6, 6.07) is 2.19. The highest BCUT2D eigenvalue weighted by Gasteiger charge is 2.12. The van der Waals surface area contributed by atoms with E-state index in [-0.39, 0.29) is 22.2 Å². The average molecular weight is 322 g/mol. The van der Waals surface area contributed by atoms with Gasteiger partial charge in [0, 0.05) is 16.5 Å². The van der Waals surface area contributed by atoms with Gasteiger partial charge in [0.1, 0.15) is 11.6 Å². The van der Waals surface area contributed by atoms with Crippen molar-refractivity contribution in [1.29, 1.82) is 0 Å². The Morgan fingerprint density at radius 3 is 2.71 bits per heavy atom. The monoisotopic (exact) mass is 321 g/mol. The molecule has 0 radical (unpaired) electrons. The first kappa shape index (κ1) is 14.2. The summed E-state index contributed by atoms with van der Waals surface area (Å²) in [7, 11) is 0. The second-order valence-electron chi connectivity index (χ2n) is 3.09. The third-order valence-electron chi connectivity index (χ3n) is 2.02. The number of carbonyl (C=O) groups is 1. The summed E-state index contributed by atoms with van der Waals surface area (Å²) in [6.07, 6.45) is 2.19. The van der Waals surface area contributed by atoms with Gasteiger partial charge in [0.05, 0.1) is 5.70 Å². The molecule has 6 heteroatoms. The van der Waals surface area contributed by atoms with Gasteiger partial charge in [-0.1, -0.05) is 15.9 Å². The number of alkyl halides is 1. The maximum absolute atomic E-state index is 13.7. The number of benzene rings is 1. The molecule has 0 aliphatic carbocycles. The molecule has 0 saturated carbocycles. The Bertz CT molecular complexity index is 451. The molecule has 0 unspecified atom stereocenters. The molecule has 0 fully saturated rings. The van der Waals surface area contributed by atoms with Gasteiger partial charge in [0.2, 0.25) is 6.41 Å². The molecule has 0 aromatic heterocycles. The number of amides is 1. The van der Waals surface area contributed by atoms with E-state index in [0.29, 0.717) is 6.41 Å². The van der Waals surface area contributed by atoms with Crippen molar-refractivity contribution in [1.82, 2.24) is 5.32 Å². The molecular weight excluding hydrogens is 312 g/mol. The second-order valence-corrected chi connectivity index (χ2v) is 4.35. The molecule has 1 aromatic carbocycles. The van der Waals surface area contributed by atoms with Crippen LogP contribution < -0.4 is 5.32 Å². The Balaban J connectivity index is 3.24. The van der Waals surface area contributed by atoms with Crippen LogP contribution in [0.1, 0.15) is 11.1 Å². The van der Waals surface area contributed by atoms with E-state index >= 15 is 0 Å². The van der Waals surface area contributed by atoms with Gasteiger partial charge in [-0.05, 0) is 23.8 Å². The van der Waals surface area contributed by atoms with Crippen LogP contribution in [0.25, 0.3) is 5.70 Å². The quantitative estimate of drug-likeness (QED) is 0.666. The van der Waals surface area contributed by atoms with Crippen molar-refractivity contribution in [3.05, 3.63) is 40.3 Å². The van der Waals surface area contributed by atoms with Crippen molar-refractivity contribution < 1.29 is 13.6 Å². The Morgan fingerprint density at radius 2 is 2.18 bits per heavy atom. The zero-order chi connectivity index (χ0) is 12.8. The van der Waals surface area contributed by atoms with Crippen LogP contribution in [0.4, 0.5) is 8.78 Å². The van der Waals surface area contributed by atoms with Crippen LogP contribution in [0.15, 0.2) is 17.5 Å². The third-order valence-corrected chi connectivity index (χ3v) is 3.10. The molecule has 1 aromatic rings. The Morgan fingerprint density at radius 1 is 1.47 bits per heavy atom. The van der Waals surface area contributed by atoms with Crippen molar-refractivity contribution in [3.8, 4) is 0 Å². The minimum atomic E-state index is -0.574. The van der Waals surface area contributed by atoms with E-state index < -0.39 is 11.6 Å². The highest BCUT2D eigenvalue weighted by atomic mass is 79.9. The first-order chi connectivity index (χ1) is 8.13. The summed E-state index contributed by atoms with van der Waals surface area (Å²) >= 11 is 4.36. The van der Waals surface area contributed by atoms with Gasteiger partial charge in [0.25, 0.3) is 0 Å². The number of thioether (sulfide) groups is 1. The number of hydrogen-bond donors (Lipinski definition) is 1. The number of halogens is 3. The normalized spacial score (nSPS) is 11.4. The summed E-state index contributed by atoms with van der Waals surface area (Å²) in [4.78, 5) is 10.4. The minimum Gasteiger partial charge on any atom is -0.328 e. The molecule has 2 nitrogen and oxygen atoms in total. The maximum atomic E-state index is 13.7. The molecule has 1 amide bonds. The van der Waals surface area contributed by atoms with Crippen molar-refractivity contribution in [2.75, 3.05) is 6.26 Å². The summed E-state index contributed by atoms with van der Waals surface area (Å²) in [5, 5.41) is 4.12. The van der Waals surface area contributed by atoms with E-state index in [1.165, 1.54) is 11.8 Å². The largest absolute Gasteiger partial charge is 0.328 e. The fourth-order valence-corrected chi connectivity index (χ4v) is 2.11. The summed E-state index contributed by atoms with van der Waals surface area (Å²) in [6.45, 7) is 0. The predicted octanol–water partition coefficient (Wildman–Crippen LogP) is 3.27. The van der Waals surface area contributed by atoms with Gasteiger partial charge >= 0.3 is 0 Å².